The number of para-hydroxylation sites is 2. The Morgan fingerprint density at radius 3 is 1.69 bits per heavy atom. The predicted molar refractivity (Wildman–Crippen MR) is 163 cm³/mol. The van der Waals surface area contributed by atoms with Crippen molar-refractivity contribution in [2.45, 2.75) is 31.2 Å². The Labute approximate surface area is 237 Å². The lowest BCUT2D eigenvalue weighted by atomic mass is 9.87. The molecule has 0 radical (unpaired) electrons. The quantitative estimate of drug-likeness (QED) is 0.126. The molecule has 0 bridgehead atoms. The normalized spacial score (nSPS) is 11.4. The van der Waals surface area contributed by atoms with Crippen molar-refractivity contribution >= 4 is 29.1 Å². The number of aromatic nitrogens is 2. The van der Waals surface area contributed by atoms with Crippen LogP contribution in [0.5, 0.6) is 0 Å². The summed E-state index contributed by atoms with van der Waals surface area (Å²) in [6.07, 6.45) is 0. The zero-order valence-corrected chi connectivity index (χ0v) is 23.6. The number of rotatable bonds is 5. The molecule has 0 aliphatic carbocycles. The lowest BCUT2D eigenvalue weighted by Crippen LogP contribution is -2.27. The number of hydrogen-bond donors (Lipinski definition) is 0. The first kappa shape index (κ1) is 26.6. The van der Waals surface area contributed by atoms with Crippen molar-refractivity contribution in [3.05, 3.63) is 142 Å². The topological polar surface area (TPSA) is 44.0 Å². The minimum absolute atomic E-state index is 0.0231. The summed E-state index contributed by atoms with van der Waals surface area (Å²) < 4.78 is 3.66. The summed E-state index contributed by atoms with van der Waals surface area (Å²) in [4.78, 5) is 28.0. The zero-order valence-electron chi connectivity index (χ0n) is 22.0. The molecule has 0 amide bonds. The molecular formula is C33H28N2O2S2. The number of thioether (sulfide) groups is 1. The third-order valence-electron chi connectivity index (χ3n) is 6.48. The van der Waals surface area contributed by atoms with Gasteiger partial charge in [-0.1, -0.05) is 112 Å². The second-order valence-electron chi connectivity index (χ2n) is 10.2. The molecule has 0 aliphatic rings. The first-order valence-electron chi connectivity index (χ1n) is 12.7. The minimum atomic E-state index is -0.275. The van der Waals surface area contributed by atoms with E-state index in [1.54, 1.807) is 0 Å². The highest BCUT2D eigenvalue weighted by atomic mass is 32.2. The van der Waals surface area contributed by atoms with E-state index in [1.807, 2.05) is 120 Å². The molecular weight excluding hydrogens is 521 g/mol. The molecule has 4 aromatic carbocycles. The molecule has 0 saturated heterocycles. The highest BCUT2D eigenvalue weighted by Crippen LogP contribution is 2.34. The molecule has 5 aromatic rings. The average molecular weight is 549 g/mol. The molecule has 39 heavy (non-hydrogen) atoms. The fourth-order valence-electron chi connectivity index (χ4n) is 4.40. The summed E-state index contributed by atoms with van der Waals surface area (Å²) in [5.74, 6) is 0. The number of carbonyl (C=O) groups excluding carboxylic acids is 1. The Hall–Kier alpha value is -4.00. The summed E-state index contributed by atoms with van der Waals surface area (Å²) in [5.41, 5.74) is 3.97. The average Bonchev–Trinajstić information content (AvgIpc) is 2.94. The maximum Gasteiger partial charge on any atom is 0.267 e. The van der Waals surface area contributed by atoms with E-state index in [1.165, 1.54) is 4.57 Å². The van der Waals surface area contributed by atoms with Gasteiger partial charge in [-0.05, 0) is 64.8 Å². The molecule has 0 atom stereocenters. The summed E-state index contributed by atoms with van der Waals surface area (Å²) >= 11 is 7.00. The van der Waals surface area contributed by atoms with Crippen LogP contribution in [0, 0.1) is 4.77 Å². The van der Waals surface area contributed by atoms with Crippen LogP contribution in [0.15, 0.2) is 125 Å². The van der Waals surface area contributed by atoms with Gasteiger partial charge in [0, 0.05) is 11.3 Å². The Morgan fingerprint density at radius 1 is 0.692 bits per heavy atom. The van der Waals surface area contributed by atoms with Crippen molar-refractivity contribution in [3.8, 4) is 22.5 Å². The van der Waals surface area contributed by atoms with Crippen molar-refractivity contribution in [2.24, 2.45) is 0 Å². The van der Waals surface area contributed by atoms with Crippen LogP contribution in [-0.4, -0.2) is 14.2 Å². The van der Waals surface area contributed by atoms with Crippen LogP contribution in [0.1, 0.15) is 36.7 Å². The van der Waals surface area contributed by atoms with Crippen LogP contribution in [0.4, 0.5) is 0 Å². The van der Waals surface area contributed by atoms with E-state index in [-0.39, 0.29) is 20.9 Å². The standard InChI is InChI=1S/C33H28N2O2S2/c1-33(2,3)25-21-19-24(20-22-25)31(37)39-30-28(23-13-7-4-8-14-23)29(36)34(26-15-9-5-10-16-26)32(38)35(30)27-17-11-6-12-18-27/h4-22H,1-3H3. The summed E-state index contributed by atoms with van der Waals surface area (Å²) in [6.45, 7) is 6.42. The fourth-order valence-corrected chi connectivity index (χ4v) is 5.86. The van der Waals surface area contributed by atoms with Gasteiger partial charge in [0.2, 0.25) is 5.12 Å². The van der Waals surface area contributed by atoms with Crippen LogP contribution in [0.2, 0.25) is 0 Å². The van der Waals surface area contributed by atoms with Crippen LogP contribution in [0.3, 0.4) is 0 Å². The van der Waals surface area contributed by atoms with E-state index in [2.05, 4.69) is 20.8 Å². The number of benzene rings is 4. The second-order valence-corrected chi connectivity index (χ2v) is 11.5. The van der Waals surface area contributed by atoms with E-state index in [0.29, 0.717) is 27.4 Å². The van der Waals surface area contributed by atoms with Gasteiger partial charge in [0.05, 0.1) is 11.3 Å². The van der Waals surface area contributed by atoms with E-state index < -0.39 is 0 Å². The van der Waals surface area contributed by atoms with Gasteiger partial charge in [0.1, 0.15) is 5.03 Å². The van der Waals surface area contributed by atoms with Crippen LogP contribution in [-0.2, 0) is 5.41 Å². The summed E-state index contributed by atoms with van der Waals surface area (Å²) in [6, 6.07) is 36.1. The molecule has 1 heterocycles. The lowest BCUT2D eigenvalue weighted by molar-refractivity contribution is 0.108. The Bertz CT molecular complexity index is 1660. The van der Waals surface area contributed by atoms with Crippen molar-refractivity contribution in [2.75, 3.05) is 0 Å². The Kier molecular flexibility index (Phi) is 7.51. The molecule has 4 nitrogen and oxygen atoms in total. The predicted octanol–water partition coefficient (Wildman–Crippen LogP) is 8.25. The largest absolute Gasteiger partial charge is 0.281 e. The molecule has 6 heteroatoms. The zero-order chi connectivity index (χ0) is 27.6. The van der Waals surface area contributed by atoms with E-state index in [0.717, 1.165) is 23.0 Å². The number of hydrogen-bond acceptors (Lipinski definition) is 4. The van der Waals surface area contributed by atoms with E-state index in [4.69, 9.17) is 12.2 Å². The number of carbonyl (C=O) groups is 1. The van der Waals surface area contributed by atoms with E-state index >= 15 is 0 Å². The van der Waals surface area contributed by atoms with Gasteiger partial charge in [0.25, 0.3) is 5.56 Å². The Morgan fingerprint density at radius 2 is 1.18 bits per heavy atom. The molecule has 0 spiro atoms. The monoisotopic (exact) mass is 548 g/mol. The highest BCUT2D eigenvalue weighted by Gasteiger charge is 2.24. The van der Waals surface area contributed by atoms with Crippen LogP contribution in [0.25, 0.3) is 22.5 Å². The lowest BCUT2D eigenvalue weighted by Gasteiger charge is -2.21. The van der Waals surface area contributed by atoms with Crippen molar-refractivity contribution in [3.63, 3.8) is 0 Å². The van der Waals surface area contributed by atoms with Crippen LogP contribution < -0.4 is 5.56 Å². The fraction of sp³-hybridized carbons (Fsp3) is 0.121. The molecule has 5 rings (SSSR count). The molecule has 0 aliphatic heterocycles. The van der Waals surface area contributed by atoms with Crippen molar-refractivity contribution in [1.82, 2.24) is 9.13 Å². The Balaban J connectivity index is 1.78. The maximum atomic E-state index is 14.2. The first-order chi connectivity index (χ1) is 18.8. The first-order valence-corrected chi connectivity index (χ1v) is 13.9. The highest BCUT2D eigenvalue weighted by molar-refractivity contribution is 8.14. The van der Waals surface area contributed by atoms with Gasteiger partial charge in [-0.2, -0.15) is 0 Å². The second kappa shape index (κ2) is 11.0. The van der Waals surface area contributed by atoms with Gasteiger partial charge in [-0.25, -0.2) is 0 Å². The molecule has 0 saturated carbocycles. The number of nitrogens with zero attached hydrogens (tertiary/aromatic N) is 2. The van der Waals surface area contributed by atoms with Crippen molar-refractivity contribution < 1.29 is 4.79 Å². The van der Waals surface area contributed by atoms with Gasteiger partial charge in [-0.15, -0.1) is 0 Å². The molecule has 0 unspecified atom stereocenters. The summed E-state index contributed by atoms with van der Waals surface area (Å²) in [7, 11) is 0. The molecule has 0 fully saturated rings. The van der Waals surface area contributed by atoms with Gasteiger partial charge >= 0.3 is 0 Å². The van der Waals surface area contributed by atoms with Crippen molar-refractivity contribution in [1.29, 1.82) is 0 Å². The molecule has 1 aromatic heterocycles. The summed E-state index contributed by atoms with van der Waals surface area (Å²) in [5, 5.41) is 0.322. The SMILES string of the molecule is CC(C)(C)c1ccc(C(=O)Sc2c(-c3ccccc3)c(=O)n(-c3ccccc3)c(=S)n2-c2ccccc2)cc1. The van der Waals surface area contributed by atoms with Gasteiger partial charge < -0.3 is 0 Å². The van der Waals surface area contributed by atoms with Gasteiger partial charge in [0.15, 0.2) is 4.77 Å². The van der Waals surface area contributed by atoms with Crippen LogP contribution >= 0.6 is 24.0 Å². The molecule has 194 valence electrons. The van der Waals surface area contributed by atoms with E-state index in [9.17, 15) is 9.59 Å². The third-order valence-corrected chi connectivity index (χ3v) is 7.85. The molecule has 0 N–H and O–H groups in total. The smallest absolute Gasteiger partial charge is 0.267 e. The third kappa shape index (κ3) is 5.44. The minimum Gasteiger partial charge on any atom is -0.281 e. The maximum absolute atomic E-state index is 14.2. The van der Waals surface area contributed by atoms with Gasteiger partial charge in [-0.3, -0.25) is 18.7 Å².